The summed E-state index contributed by atoms with van der Waals surface area (Å²) in [6.45, 7) is 0. The Labute approximate surface area is 176 Å². The molecular weight excluding hydrogens is 392 g/mol. The first-order chi connectivity index (χ1) is 14.8. The third kappa shape index (κ3) is 2.51. The van der Waals surface area contributed by atoms with Gasteiger partial charge in [0.05, 0.1) is 11.6 Å². The average Bonchev–Trinajstić information content (AvgIpc) is 3.53. The molecule has 5 nitrogen and oxygen atoms in total. The Morgan fingerprint density at radius 3 is 2.70 bits per heavy atom. The van der Waals surface area contributed by atoms with Crippen molar-refractivity contribution in [1.82, 2.24) is 20.3 Å². The van der Waals surface area contributed by atoms with E-state index < -0.39 is 0 Å². The van der Waals surface area contributed by atoms with Gasteiger partial charge in [-0.1, -0.05) is 42.5 Å². The lowest BCUT2D eigenvalue weighted by atomic mass is 9.99. The van der Waals surface area contributed by atoms with Gasteiger partial charge in [-0.15, -0.1) is 11.3 Å². The molecular formula is C24H16N4OS. The Balaban J connectivity index is 1.48. The van der Waals surface area contributed by atoms with E-state index >= 15 is 0 Å². The average molecular weight is 408 g/mol. The fraction of sp³-hybridized carbons (Fsp3) is 0.0417. The molecule has 5 aromatic rings. The number of pyridine rings is 1. The van der Waals surface area contributed by atoms with Crippen molar-refractivity contribution in [2.24, 2.45) is 0 Å². The molecule has 3 heterocycles. The van der Waals surface area contributed by atoms with Crippen LogP contribution in [0.1, 0.15) is 27.5 Å². The van der Waals surface area contributed by atoms with E-state index in [1.165, 1.54) is 0 Å². The number of rotatable bonds is 3. The standard InChI is InChI=1S/C24H16N4OS/c29-23(17-9-11-26-22-16(17)8-10-25-22)28-21-15-5-2-1-4-14(15)20-18(21)6-3-7-19(20)24-27-12-13-30-24/h1-13,21H,(H,25,26)(H,28,29). The molecule has 0 fully saturated rings. The van der Waals surface area contributed by atoms with Gasteiger partial charge in [-0.2, -0.15) is 0 Å². The Kier molecular flexibility index (Phi) is 3.79. The van der Waals surface area contributed by atoms with Crippen molar-refractivity contribution in [1.29, 1.82) is 0 Å². The molecule has 1 aliphatic carbocycles. The number of hydrogen-bond donors (Lipinski definition) is 2. The molecule has 0 bridgehead atoms. The van der Waals surface area contributed by atoms with E-state index in [1.807, 2.05) is 35.8 Å². The largest absolute Gasteiger partial charge is 0.346 e. The Hall–Kier alpha value is -3.77. The second-order valence-corrected chi connectivity index (χ2v) is 8.09. The highest BCUT2D eigenvalue weighted by Gasteiger charge is 2.32. The third-order valence-corrected chi connectivity index (χ3v) is 6.40. The first-order valence-electron chi connectivity index (χ1n) is 9.66. The molecule has 0 spiro atoms. The Morgan fingerprint density at radius 2 is 1.80 bits per heavy atom. The number of benzene rings is 2. The van der Waals surface area contributed by atoms with Gasteiger partial charge in [0.25, 0.3) is 5.91 Å². The molecule has 30 heavy (non-hydrogen) atoms. The maximum absolute atomic E-state index is 13.3. The minimum Gasteiger partial charge on any atom is -0.346 e. The molecule has 3 aromatic heterocycles. The summed E-state index contributed by atoms with van der Waals surface area (Å²) < 4.78 is 0. The number of nitrogens with zero attached hydrogens (tertiary/aromatic N) is 2. The van der Waals surface area contributed by atoms with E-state index in [1.54, 1.807) is 29.8 Å². The molecule has 0 aliphatic heterocycles. The molecule has 2 N–H and O–H groups in total. The van der Waals surface area contributed by atoms with E-state index in [9.17, 15) is 4.79 Å². The summed E-state index contributed by atoms with van der Waals surface area (Å²) >= 11 is 1.62. The fourth-order valence-corrected chi connectivity index (χ4v) is 4.98. The maximum atomic E-state index is 13.3. The zero-order chi connectivity index (χ0) is 20.1. The van der Waals surface area contributed by atoms with Gasteiger partial charge < -0.3 is 10.3 Å². The quantitative estimate of drug-likeness (QED) is 0.432. The van der Waals surface area contributed by atoms with Crippen LogP contribution in [0.5, 0.6) is 0 Å². The summed E-state index contributed by atoms with van der Waals surface area (Å²) in [5.41, 5.74) is 6.91. The zero-order valence-electron chi connectivity index (χ0n) is 15.8. The molecule has 1 unspecified atom stereocenters. The molecule has 0 saturated carbocycles. The first kappa shape index (κ1) is 17.1. The number of carbonyl (C=O) groups excluding carboxylic acids is 1. The second-order valence-electron chi connectivity index (χ2n) is 7.20. The van der Waals surface area contributed by atoms with Crippen molar-refractivity contribution in [3.8, 4) is 21.7 Å². The number of carbonyl (C=O) groups is 1. The smallest absolute Gasteiger partial charge is 0.252 e. The highest BCUT2D eigenvalue weighted by Crippen LogP contribution is 2.48. The highest BCUT2D eigenvalue weighted by molar-refractivity contribution is 7.13. The summed E-state index contributed by atoms with van der Waals surface area (Å²) in [5.74, 6) is -0.116. The van der Waals surface area contributed by atoms with Crippen LogP contribution in [0.15, 0.2) is 78.6 Å². The van der Waals surface area contributed by atoms with Crippen molar-refractivity contribution in [2.75, 3.05) is 0 Å². The number of thiazole rings is 1. The highest BCUT2D eigenvalue weighted by atomic mass is 32.1. The van der Waals surface area contributed by atoms with E-state index in [0.29, 0.717) is 11.2 Å². The van der Waals surface area contributed by atoms with Crippen LogP contribution in [-0.2, 0) is 0 Å². The lowest BCUT2D eigenvalue weighted by Crippen LogP contribution is -2.28. The number of nitrogens with one attached hydrogen (secondary N) is 2. The minimum absolute atomic E-state index is 0.116. The number of hydrogen-bond acceptors (Lipinski definition) is 4. The van der Waals surface area contributed by atoms with Crippen molar-refractivity contribution in [3.05, 3.63) is 95.3 Å². The monoisotopic (exact) mass is 408 g/mol. The molecule has 144 valence electrons. The lowest BCUT2D eigenvalue weighted by Gasteiger charge is -2.16. The zero-order valence-corrected chi connectivity index (χ0v) is 16.6. The number of aromatic nitrogens is 3. The van der Waals surface area contributed by atoms with Crippen LogP contribution in [0.2, 0.25) is 0 Å². The predicted molar refractivity (Wildman–Crippen MR) is 118 cm³/mol. The van der Waals surface area contributed by atoms with E-state index in [-0.39, 0.29) is 11.9 Å². The molecule has 6 rings (SSSR count). The van der Waals surface area contributed by atoms with Gasteiger partial charge in [-0.3, -0.25) is 4.79 Å². The van der Waals surface area contributed by atoms with Gasteiger partial charge in [0.15, 0.2) is 0 Å². The molecule has 0 radical (unpaired) electrons. The normalized spacial score (nSPS) is 14.5. The minimum atomic E-state index is -0.217. The van der Waals surface area contributed by atoms with Gasteiger partial charge in [0.2, 0.25) is 0 Å². The molecule has 2 aromatic carbocycles. The van der Waals surface area contributed by atoms with Crippen molar-refractivity contribution in [2.45, 2.75) is 6.04 Å². The molecule has 1 aliphatic rings. The maximum Gasteiger partial charge on any atom is 0.252 e. The van der Waals surface area contributed by atoms with Gasteiger partial charge in [-0.05, 0) is 34.4 Å². The first-order valence-corrected chi connectivity index (χ1v) is 10.5. The molecule has 1 amide bonds. The van der Waals surface area contributed by atoms with Crippen LogP contribution in [-0.4, -0.2) is 20.9 Å². The topological polar surface area (TPSA) is 70.7 Å². The van der Waals surface area contributed by atoms with Crippen LogP contribution in [0, 0.1) is 0 Å². The summed E-state index contributed by atoms with van der Waals surface area (Å²) in [7, 11) is 0. The van der Waals surface area contributed by atoms with Crippen LogP contribution < -0.4 is 5.32 Å². The molecule has 1 atom stereocenters. The van der Waals surface area contributed by atoms with E-state index in [4.69, 9.17) is 0 Å². The van der Waals surface area contributed by atoms with Crippen LogP contribution in [0.4, 0.5) is 0 Å². The molecule has 0 saturated heterocycles. The summed E-state index contributed by atoms with van der Waals surface area (Å²) in [4.78, 5) is 25.2. The summed E-state index contributed by atoms with van der Waals surface area (Å²) in [6, 6.07) is 17.9. The third-order valence-electron chi connectivity index (χ3n) is 5.59. The predicted octanol–water partition coefficient (Wildman–Crippen LogP) is 5.19. The van der Waals surface area contributed by atoms with Gasteiger partial charge in [0, 0.05) is 34.9 Å². The second kappa shape index (κ2) is 6.64. The summed E-state index contributed by atoms with van der Waals surface area (Å²) in [5, 5.41) is 7.05. The van der Waals surface area contributed by atoms with Crippen LogP contribution in [0.25, 0.3) is 32.7 Å². The van der Waals surface area contributed by atoms with E-state index in [2.05, 4.69) is 44.5 Å². The number of aromatic amines is 1. The van der Waals surface area contributed by atoms with Crippen LogP contribution >= 0.6 is 11.3 Å². The number of amides is 1. The van der Waals surface area contributed by atoms with Gasteiger partial charge in [-0.25, -0.2) is 9.97 Å². The van der Waals surface area contributed by atoms with Crippen LogP contribution in [0.3, 0.4) is 0 Å². The Bertz CT molecular complexity index is 1400. The van der Waals surface area contributed by atoms with Crippen molar-refractivity contribution in [3.63, 3.8) is 0 Å². The lowest BCUT2D eigenvalue weighted by molar-refractivity contribution is 0.0945. The van der Waals surface area contributed by atoms with Gasteiger partial charge >= 0.3 is 0 Å². The van der Waals surface area contributed by atoms with Crippen molar-refractivity contribution >= 4 is 28.3 Å². The molecule has 6 heteroatoms. The SMILES string of the molecule is O=C(NC1c2ccccc2-c2c(-c3nccs3)cccc21)c1ccnc2[nH]ccc12. The number of H-pyrrole nitrogens is 1. The van der Waals surface area contributed by atoms with Crippen molar-refractivity contribution < 1.29 is 4.79 Å². The Morgan fingerprint density at radius 1 is 0.933 bits per heavy atom. The summed E-state index contributed by atoms with van der Waals surface area (Å²) in [6.07, 6.45) is 5.28. The number of fused-ring (bicyclic) bond motifs is 4. The van der Waals surface area contributed by atoms with Gasteiger partial charge in [0.1, 0.15) is 10.7 Å². The fourth-order valence-electron chi connectivity index (χ4n) is 4.31. The van der Waals surface area contributed by atoms with E-state index in [0.717, 1.165) is 38.2 Å².